The molecule has 0 aliphatic heterocycles. The first kappa shape index (κ1) is 12.5. The molecule has 0 radical (unpaired) electrons. The molecule has 6 heteroatoms. The van der Waals surface area contributed by atoms with Gasteiger partial charge in [-0.15, -0.1) is 0 Å². The fraction of sp³-hybridized carbons (Fsp3) is 0. The molecule has 0 atom stereocenters. The molecule has 2 rings (SSSR count). The first-order chi connectivity index (χ1) is 8.58. The maximum Gasteiger partial charge on any atom is 0.338 e. The Hall–Kier alpha value is -1.95. The maximum absolute atomic E-state index is 13.4. The summed E-state index contributed by atoms with van der Waals surface area (Å²) in [6.07, 6.45) is 2.56. The molecular weight excluding hydrogens is 260 g/mol. The van der Waals surface area contributed by atoms with E-state index in [1.165, 1.54) is 18.5 Å². The number of hydrogen-bond acceptors (Lipinski definition) is 3. The topological polar surface area (TPSA) is 50.2 Å². The predicted octanol–water partition coefficient (Wildman–Crippen LogP) is 3.21. The van der Waals surface area contributed by atoms with Crippen LogP contribution in [0.25, 0.3) is 0 Å². The highest BCUT2D eigenvalue weighted by molar-refractivity contribution is 7.99. The van der Waals surface area contributed by atoms with Crippen molar-refractivity contribution in [3.05, 3.63) is 53.9 Å². The molecule has 1 aromatic heterocycles. The number of benzene rings is 1. The summed E-state index contributed by atoms with van der Waals surface area (Å²) in [5, 5.41) is 8.95. The molecule has 0 aliphatic rings. The smallest absolute Gasteiger partial charge is 0.338 e. The molecule has 0 unspecified atom stereocenters. The standard InChI is InChI=1S/C12H7F2NO2S/c13-7-1-2-9(14)11(5-7)18-10-3-4-15-6-8(10)12(16)17/h1-6H,(H,16,17). The molecule has 0 spiro atoms. The van der Waals surface area contributed by atoms with Crippen LogP contribution in [-0.2, 0) is 0 Å². The Morgan fingerprint density at radius 2 is 2.00 bits per heavy atom. The van der Waals surface area contributed by atoms with Gasteiger partial charge in [0.25, 0.3) is 0 Å². The minimum atomic E-state index is -1.16. The molecule has 1 aromatic carbocycles. The van der Waals surface area contributed by atoms with E-state index in [2.05, 4.69) is 4.98 Å². The zero-order chi connectivity index (χ0) is 13.1. The third-order valence-electron chi connectivity index (χ3n) is 2.12. The highest BCUT2D eigenvalue weighted by Crippen LogP contribution is 2.32. The number of aromatic carboxylic acids is 1. The molecule has 1 N–H and O–H groups in total. The Bertz CT molecular complexity index is 604. The minimum Gasteiger partial charge on any atom is -0.478 e. The van der Waals surface area contributed by atoms with Crippen LogP contribution >= 0.6 is 11.8 Å². The Morgan fingerprint density at radius 3 is 2.72 bits per heavy atom. The SMILES string of the molecule is O=C(O)c1cnccc1Sc1cc(F)ccc1F. The number of rotatable bonds is 3. The summed E-state index contributed by atoms with van der Waals surface area (Å²) < 4.78 is 26.4. The molecular formula is C12H7F2NO2S. The summed E-state index contributed by atoms with van der Waals surface area (Å²) in [6.45, 7) is 0. The van der Waals surface area contributed by atoms with E-state index < -0.39 is 17.6 Å². The van der Waals surface area contributed by atoms with Crippen molar-refractivity contribution in [3.8, 4) is 0 Å². The van der Waals surface area contributed by atoms with E-state index in [-0.39, 0.29) is 10.5 Å². The first-order valence-corrected chi connectivity index (χ1v) is 5.70. The molecule has 2 aromatic rings. The van der Waals surface area contributed by atoms with Crippen LogP contribution in [0.2, 0.25) is 0 Å². The van der Waals surface area contributed by atoms with Gasteiger partial charge >= 0.3 is 5.97 Å². The number of carboxylic acids is 1. The summed E-state index contributed by atoms with van der Waals surface area (Å²) in [7, 11) is 0. The van der Waals surface area contributed by atoms with Crippen LogP contribution in [0, 0.1) is 11.6 Å². The molecule has 0 fully saturated rings. The van der Waals surface area contributed by atoms with Gasteiger partial charge in [0, 0.05) is 17.3 Å². The molecule has 0 aliphatic carbocycles. The van der Waals surface area contributed by atoms with E-state index in [0.29, 0.717) is 4.90 Å². The van der Waals surface area contributed by atoms with Gasteiger partial charge in [-0.25, -0.2) is 13.6 Å². The Labute approximate surface area is 105 Å². The van der Waals surface area contributed by atoms with Gasteiger partial charge in [0.05, 0.1) is 10.5 Å². The van der Waals surface area contributed by atoms with E-state index in [4.69, 9.17) is 5.11 Å². The van der Waals surface area contributed by atoms with E-state index >= 15 is 0 Å². The van der Waals surface area contributed by atoms with Gasteiger partial charge in [-0.3, -0.25) is 4.98 Å². The van der Waals surface area contributed by atoms with E-state index in [0.717, 1.165) is 30.0 Å². The number of aromatic nitrogens is 1. The van der Waals surface area contributed by atoms with Gasteiger partial charge in [0.15, 0.2) is 0 Å². The highest BCUT2D eigenvalue weighted by Gasteiger charge is 2.13. The fourth-order valence-electron chi connectivity index (χ4n) is 1.31. The van der Waals surface area contributed by atoms with Gasteiger partial charge in [0.2, 0.25) is 0 Å². The molecule has 0 saturated heterocycles. The molecule has 0 amide bonds. The van der Waals surface area contributed by atoms with E-state index in [1.807, 2.05) is 0 Å². The lowest BCUT2D eigenvalue weighted by atomic mass is 10.3. The molecule has 92 valence electrons. The second-order valence-corrected chi connectivity index (χ2v) is 4.44. The Morgan fingerprint density at radius 1 is 1.22 bits per heavy atom. The van der Waals surface area contributed by atoms with Crippen molar-refractivity contribution in [3.63, 3.8) is 0 Å². The summed E-state index contributed by atoms with van der Waals surface area (Å²) in [4.78, 5) is 15.0. The Kier molecular flexibility index (Phi) is 3.57. The highest BCUT2D eigenvalue weighted by atomic mass is 32.2. The zero-order valence-electron chi connectivity index (χ0n) is 8.93. The molecule has 18 heavy (non-hydrogen) atoms. The number of halogens is 2. The van der Waals surface area contributed by atoms with Crippen LogP contribution in [0.15, 0.2) is 46.5 Å². The Balaban J connectivity index is 2.40. The summed E-state index contributed by atoms with van der Waals surface area (Å²) in [6, 6.07) is 4.47. The number of carboxylic acid groups (broad SMARTS) is 1. The average molecular weight is 267 g/mol. The molecule has 1 heterocycles. The van der Waals surface area contributed by atoms with Crippen molar-refractivity contribution in [2.75, 3.05) is 0 Å². The number of hydrogen-bond donors (Lipinski definition) is 1. The van der Waals surface area contributed by atoms with Crippen LogP contribution in [0.1, 0.15) is 10.4 Å². The van der Waals surface area contributed by atoms with Crippen LogP contribution < -0.4 is 0 Å². The van der Waals surface area contributed by atoms with Crippen LogP contribution in [0.4, 0.5) is 8.78 Å². The van der Waals surface area contributed by atoms with Crippen LogP contribution in [-0.4, -0.2) is 16.1 Å². The number of carbonyl (C=O) groups is 1. The lowest BCUT2D eigenvalue weighted by Gasteiger charge is -2.06. The molecule has 0 saturated carbocycles. The number of pyridine rings is 1. The lowest BCUT2D eigenvalue weighted by molar-refractivity contribution is 0.0692. The lowest BCUT2D eigenvalue weighted by Crippen LogP contribution is -1.99. The number of nitrogens with zero attached hydrogens (tertiary/aromatic N) is 1. The second-order valence-electron chi connectivity index (χ2n) is 3.35. The van der Waals surface area contributed by atoms with E-state index in [9.17, 15) is 13.6 Å². The minimum absolute atomic E-state index is 0.0312. The van der Waals surface area contributed by atoms with Crippen molar-refractivity contribution >= 4 is 17.7 Å². The predicted molar refractivity (Wildman–Crippen MR) is 61.7 cm³/mol. The monoisotopic (exact) mass is 267 g/mol. The van der Waals surface area contributed by atoms with Crippen molar-refractivity contribution in [2.24, 2.45) is 0 Å². The van der Waals surface area contributed by atoms with E-state index in [1.54, 1.807) is 0 Å². The fourth-order valence-corrected chi connectivity index (χ4v) is 2.26. The molecule has 3 nitrogen and oxygen atoms in total. The largest absolute Gasteiger partial charge is 0.478 e. The second kappa shape index (κ2) is 5.14. The van der Waals surface area contributed by atoms with Gasteiger partial charge in [-0.05, 0) is 24.3 Å². The maximum atomic E-state index is 13.4. The third-order valence-corrected chi connectivity index (χ3v) is 3.23. The zero-order valence-corrected chi connectivity index (χ0v) is 9.75. The van der Waals surface area contributed by atoms with Crippen LogP contribution in [0.5, 0.6) is 0 Å². The van der Waals surface area contributed by atoms with Crippen LogP contribution in [0.3, 0.4) is 0 Å². The van der Waals surface area contributed by atoms with Crippen molar-refractivity contribution in [1.29, 1.82) is 0 Å². The summed E-state index contributed by atoms with van der Waals surface area (Å²) in [5.74, 6) is -2.35. The first-order valence-electron chi connectivity index (χ1n) is 4.88. The third kappa shape index (κ3) is 2.65. The van der Waals surface area contributed by atoms with Crippen molar-refractivity contribution in [2.45, 2.75) is 9.79 Å². The normalized spacial score (nSPS) is 10.3. The molecule has 0 bridgehead atoms. The van der Waals surface area contributed by atoms with Crippen molar-refractivity contribution < 1.29 is 18.7 Å². The van der Waals surface area contributed by atoms with Gasteiger partial charge < -0.3 is 5.11 Å². The summed E-state index contributed by atoms with van der Waals surface area (Å²) >= 11 is 0.847. The van der Waals surface area contributed by atoms with Gasteiger partial charge in [-0.2, -0.15) is 0 Å². The average Bonchev–Trinajstić information content (AvgIpc) is 2.34. The quantitative estimate of drug-likeness (QED) is 0.927. The van der Waals surface area contributed by atoms with Gasteiger partial charge in [-0.1, -0.05) is 11.8 Å². The van der Waals surface area contributed by atoms with Crippen molar-refractivity contribution in [1.82, 2.24) is 4.98 Å². The summed E-state index contributed by atoms with van der Waals surface area (Å²) in [5.41, 5.74) is -0.0499. The van der Waals surface area contributed by atoms with Gasteiger partial charge in [0.1, 0.15) is 11.6 Å².